The molecule has 0 aliphatic carbocycles. The molecule has 0 aliphatic rings. The van der Waals surface area contributed by atoms with Crippen molar-refractivity contribution in [1.82, 2.24) is 0 Å². The van der Waals surface area contributed by atoms with Crippen LogP contribution >= 0.6 is 0 Å². The highest BCUT2D eigenvalue weighted by atomic mass is 16.3. The van der Waals surface area contributed by atoms with Gasteiger partial charge in [0.05, 0.1) is 0 Å². The van der Waals surface area contributed by atoms with Crippen molar-refractivity contribution in [2.24, 2.45) is 0 Å². The van der Waals surface area contributed by atoms with E-state index in [0.717, 1.165) is 12.8 Å². The first kappa shape index (κ1) is 19.7. The lowest BCUT2D eigenvalue weighted by Crippen LogP contribution is -1.84. The first-order chi connectivity index (χ1) is 9.91. The van der Waals surface area contributed by atoms with Gasteiger partial charge in [0.2, 0.25) is 0 Å². The average Bonchev–Trinajstić information content (AvgIpc) is 2.47. The Morgan fingerprint density at radius 1 is 0.400 bits per heavy atom. The molecule has 0 radical (unpaired) electrons. The summed E-state index contributed by atoms with van der Waals surface area (Å²) >= 11 is 0. The van der Waals surface area contributed by atoms with Gasteiger partial charge in [0.1, 0.15) is 0 Å². The molecule has 0 aromatic carbocycles. The molecular formula is C18H36O2. The molecule has 0 aromatic rings. The van der Waals surface area contributed by atoms with Crippen LogP contribution in [-0.2, 0) is 0 Å². The third-order valence-electron chi connectivity index (χ3n) is 3.72. The van der Waals surface area contributed by atoms with Crippen LogP contribution in [0.5, 0.6) is 0 Å². The second kappa shape index (κ2) is 18.7. The second-order valence-corrected chi connectivity index (χ2v) is 5.74. The molecule has 0 amide bonds. The lowest BCUT2D eigenvalue weighted by molar-refractivity contribution is 0.282. The van der Waals surface area contributed by atoms with Gasteiger partial charge in [-0.2, -0.15) is 0 Å². The SMILES string of the molecule is OCCCCCCCCC=CCCCCCCCCO. The van der Waals surface area contributed by atoms with Crippen molar-refractivity contribution in [2.75, 3.05) is 13.2 Å². The van der Waals surface area contributed by atoms with Crippen LogP contribution in [0.15, 0.2) is 12.2 Å². The molecule has 0 aromatic heterocycles. The Hall–Kier alpha value is -0.340. The molecule has 0 saturated carbocycles. The molecule has 0 bridgehead atoms. The quantitative estimate of drug-likeness (QED) is 0.310. The van der Waals surface area contributed by atoms with E-state index in [1.807, 2.05) is 0 Å². The minimum absolute atomic E-state index is 0.351. The largest absolute Gasteiger partial charge is 0.396 e. The van der Waals surface area contributed by atoms with Crippen molar-refractivity contribution >= 4 is 0 Å². The average molecular weight is 284 g/mol. The number of aliphatic hydroxyl groups is 2. The smallest absolute Gasteiger partial charge is 0.0431 e. The molecule has 2 nitrogen and oxygen atoms in total. The highest BCUT2D eigenvalue weighted by molar-refractivity contribution is 4.81. The van der Waals surface area contributed by atoms with Crippen LogP contribution < -0.4 is 0 Å². The van der Waals surface area contributed by atoms with E-state index >= 15 is 0 Å². The van der Waals surface area contributed by atoms with Crippen LogP contribution in [0.1, 0.15) is 89.9 Å². The van der Waals surface area contributed by atoms with Crippen LogP contribution in [0.4, 0.5) is 0 Å². The Labute approximate surface area is 126 Å². The molecular weight excluding hydrogens is 248 g/mol. The molecule has 0 heterocycles. The zero-order valence-corrected chi connectivity index (χ0v) is 13.4. The Kier molecular flexibility index (Phi) is 18.3. The third kappa shape index (κ3) is 17.7. The predicted octanol–water partition coefficient (Wildman–Crippen LogP) is 4.99. The monoisotopic (exact) mass is 284 g/mol. The minimum atomic E-state index is 0.351. The molecule has 120 valence electrons. The van der Waals surface area contributed by atoms with Gasteiger partial charge in [-0.15, -0.1) is 0 Å². The van der Waals surface area contributed by atoms with E-state index in [2.05, 4.69) is 12.2 Å². The topological polar surface area (TPSA) is 40.5 Å². The number of hydrogen-bond acceptors (Lipinski definition) is 2. The van der Waals surface area contributed by atoms with Gasteiger partial charge in [0, 0.05) is 13.2 Å². The number of allylic oxidation sites excluding steroid dienone is 2. The number of aliphatic hydroxyl groups excluding tert-OH is 2. The Balaban J connectivity index is 3.01. The molecule has 20 heavy (non-hydrogen) atoms. The van der Waals surface area contributed by atoms with Gasteiger partial charge in [-0.25, -0.2) is 0 Å². The maximum absolute atomic E-state index is 8.66. The first-order valence-electron chi connectivity index (χ1n) is 8.78. The zero-order valence-electron chi connectivity index (χ0n) is 13.4. The molecule has 0 rings (SSSR count). The third-order valence-corrected chi connectivity index (χ3v) is 3.72. The number of unbranched alkanes of at least 4 members (excludes halogenated alkanes) is 12. The van der Waals surface area contributed by atoms with E-state index in [1.165, 1.54) is 77.0 Å². The summed E-state index contributed by atoms with van der Waals surface area (Å²) in [6.07, 6.45) is 22.0. The van der Waals surface area contributed by atoms with Crippen LogP contribution in [0.25, 0.3) is 0 Å². The molecule has 0 aliphatic heterocycles. The van der Waals surface area contributed by atoms with Gasteiger partial charge < -0.3 is 10.2 Å². The summed E-state index contributed by atoms with van der Waals surface area (Å²) in [6.45, 7) is 0.703. The fraction of sp³-hybridized carbons (Fsp3) is 0.889. The first-order valence-corrected chi connectivity index (χ1v) is 8.78. The van der Waals surface area contributed by atoms with Crippen LogP contribution in [0, 0.1) is 0 Å². The maximum atomic E-state index is 8.66. The summed E-state index contributed by atoms with van der Waals surface area (Å²) in [5.74, 6) is 0. The summed E-state index contributed by atoms with van der Waals surface area (Å²) in [5.41, 5.74) is 0. The summed E-state index contributed by atoms with van der Waals surface area (Å²) in [6, 6.07) is 0. The number of rotatable bonds is 16. The van der Waals surface area contributed by atoms with E-state index in [-0.39, 0.29) is 0 Å². The Morgan fingerprint density at radius 2 is 0.700 bits per heavy atom. The molecule has 2 N–H and O–H groups in total. The second-order valence-electron chi connectivity index (χ2n) is 5.74. The van der Waals surface area contributed by atoms with Gasteiger partial charge >= 0.3 is 0 Å². The molecule has 0 unspecified atom stereocenters. The van der Waals surface area contributed by atoms with Crippen LogP contribution in [0.3, 0.4) is 0 Å². The Morgan fingerprint density at radius 3 is 1.05 bits per heavy atom. The predicted molar refractivity (Wildman–Crippen MR) is 87.9 cm³/mol. The van der Waals surface area contributed by atoms with Crippen molar-refractivity contribution < 1.29 is 10.2 Å². The molecule has 0 atom stereocenters. The highest BCUT2D eigenvalue weighted by Gasteiger charge is 1.91. The number of hydrogen-bond donors (Lipinski definition) is 2. The molecule has 2 heteroatoms. The lowest BCUT2D eigenvalue weighted by Gasteiger charge is -1.99. The molecule has 0 spiro atoms. The normalized spacial score (nSPS) is 11.5. The van der Waals surface area contributed by atoms with Crippen molar-refractivity contribution in [2.45, 2.75) is 89.9 Å². The van der Waals surface area contributed by atoms with Crippen molar-refractivity contribution in [3.05, 3.63) is 12.2 Å². The van der Waals surface area contributed by atoms with E-state index in [1.54, 1.807) is 0 Å². The fourth-order valence-electron chi connectivity index (χ4n) is 2.40. The summed E-state index contributed by atoms with van der Waals surface area (Å²) in [5, 5.41) is 17.3. The van der Waals surface area contributed by atoms with Gasteiger partial charge in [-0.3, -0.25) is 0 Å². The minimum Gasteiger partial charge on any atom is -0.396 e. The van der Waals surface area contributed by atoms with Gasteiger partial charge in [-0.1, -0.05) is 63.5 Å². The van der Waals surface area contributed by atoms with E-state index in [0.29, 0.717) is 13.2 Å². The molecule has 0 fully saturated rings. The van der Waals surface area contributed by atoms with E-state index < -0.39 is 0 Å². The summed E-state index contributed by atoms with van der Waals surface area (Å²) in [4.78, 5) is 0. The highest BCUT2D eigenvalue weighted by Crippen LogP contribution is 2.09. The summed E-state index contributed by atoms with van der Waals surface area (Å²) < 4.78 is 0. The maximum Gasteiger partial charge on any atom is 0.0431 e. The van der Waals surface area contributed by atoms with Gasteiger partial charge in [0.25, 0.3) is 0 Å². The van der Waals surface area contributed by atoms with E-state index in [9.17, 15) is 0 Å². The molecule has 0 saturated heterocycles. The van der Waals surface area contributed by atoms with Crippen molar-refractivity contribution in [3.63, 3.8) is 0 Å². The summed E-state index contributed by atoms with van der Waals surface area (Å²) in [7, 11) is 0. The zero-order chi connectivity index (χ0) is 14.7. The van der Waals surface area contributed by atoms with Crippen molar-refractivity contribution in [3.8, 4) is 0 Å². The lowest BCUT2D eigenvalue weighted by atomic mass is 10.1. The van der Waals surface area contributed by atoms with Crippen LogP contribution in [-0.4, -0.2) is 23.4 Å². The van der Waals surface area contributed by atoms with E-state index in [4.69, 9.17) is 10.2 Å². The standard InChI is InChI=1S/C18H36O2/c19-17-15-13-11-9-7-5-3-1-2-4-6-8-10-12-14-16-18-20/h1-2,19-20H,3-18H2. The van der Waals surface area contributed by atoms with Gasteiger partial charge in [0.15, 0.2) is 0 Å². The van der Waals surface area contributed by atoms with Crippen molar-refractivity contribution in [1.29, 1.82) is 0 Å². The Bertz CT molecular complexity index is 170. The fourth-order valence-corrected chi connectivity index (χ4v) is 2.40. The van der Waals surface area contributed by atoms with Gasteiger partial charge in [-0.05, 0) is 38.5 Å². The van der Waals surface area contributed by atoms with Crippen LogP contribution in [0.2, 0.25) is 0 Å².